The number of hydrogen-bond donors (Lipinski definition) is 4. The number of carbonyl (C=O) groups excluding carboxylic acids is 6. The highest BCUT2D eigenvalue weighted by molar-refractivity contribution is 6.27. The molecule has 10 heteroatoms. The van der Waals surface area contributed by atoms with E-state index in [4.69, 9.17) is 11.5 Å². The molecule has 6 N–H and O–H groups in total. The van der Waals surface area contributed by atoms with Crippen molar-refractivity contribution in [2.45, 2.75) is 37.8 Å². The second-order valence-corrected chi connectivity index (χ2v) is 7.73. The summed E-state index contributed by atoms with van der Waals surface area (Å²) in [7, 11) is 0. The highest BCUT2D eigenvalue weighted by atomic mass is 16.2. The molecule has 2 aliphatic carbocycles. The smallest absolute Gasteiger partial charge is 0.244 e. The van der Waals surface area contributed by atoms with Gasteiger partial charge in [-0.25, -0.2) is 0 Å². The first-order valence-corrected chi connectivity index (χ1v) is 9.80. The van der Waals surface area contributed by atoms with Crippen LogP contribution in [0.1, 0.15) is 25.7 Å². The molecule has 2 unspecified atom stereocenters. The molecule has 3 rings (SSSR count). The molecule has 2 amide bonds. The van der Waals surface area contributed by atoms with Gasteiger partial charge in [0, 0.05) is 0 Å². The Morgan fingerprint density at radius 2 is 0.933 bits per heavy atom. The number of piperazine rings is 1. The van der Waals surface area contributed by atoms with Crippen molar-refractivity contribution in [1.82, 2.24) is 10.6 Å². The van der Waals surface area contributed by atoms with Crippen molar-refractivity contribution in [3.8, 4) is 0 Å². The number of nitrogens with two attached hydrogens (primary N) is 2. The molecule has 2 atom stereocenters. The lowest BCUT2D eigenvalue weighted by Gasteiger charge is -2.43. The Morgan fingerprint density at radius 3 is 1.20 bits per heavy atom. The molecule has 0 aromatic rings. The fourth-order valence-corrected chi connectivity index (χ4v) is 4.53. The zero-order valence-corrected chi connectivity index (χ0v) is 16.3. The molecule has 1 aliphatic heterocycles. The fourth-order valence-electron chi connectivity index (χ4n) is 4.53. The van der Waals surface area contributed by atoms with Crippen molar-refractivity contribution in [2.24, 2.45) is 22.3 Å². The molecule has 0 saturated carbocycles. The van der Waals surface area contributed by atoms with Gasteiger partial charge in [0.2, 0.25) is 11.8 Å². The summed E-state index contributed by atoms with van der Waals surface area (Å²) in [6.45, 7) is 0.369. The fraction of sp³-hybridized carbons (Fsp3) is 0.500. The molecule has 30 heavy (non-hydrogen) atoms. The van der Waals surface area contributed by atoms with Crippen molar-refractivity contribution >= 4 is 34.9 Å². The van der Waals surface area contributed by atoms with Gasteiger partial charge in [-0.2, -0.15) is 0 Å². The van der Waals surface area contributed by atoms with Crippen LogP contribution in [0.25, 0.3) is 0 Å². The van der Waals surface area contributed by atoms with Crippen molar-refractivity contribution in [3.05, 3.63) is 24.3 Å². The molecule has 0 aromatic heterocycles. The maximum Gasteiger partial charge on any atom is 0.244 e. The van der Waals surface area contributed by atoms with E-state index in [1.54, 1.807) is 0 Å². The van der Waals surface area contributed by atoms with Crippen LogP contribution in [-0.4, -0.2) is 60.1 Å². The summed E-state index contributed by atoms with van der Waals surface area (Å²) in [5.41, 5.74) is 7.49. The maximum absolute atomic E-state index is 13.0. The Morgan fingerprint density at radius 1 is 0.633 bits per heavy atom. The van der Waals surface area contributed by atoms with Crippen molar-refractivity contribution in [3.63, 3.8) is 0 Å². The largest absolute Gasteiger partial charge is 0.341 e. The Kier molecular flexibility index (Phi) is 5.82. The number of allylic oxidation sites excluding steroid dienone is 4. The molecule has 0 radical (unpaired) electrons. The molecule has 3 aliphatic rings. The van der Waals surface area contributed by atoms with E-state index in [2.05, 4.69) is 10.6 Å². The monoisotopic (exact) mass is 416 g/mol. The van der Waals surface area contributed by atoms with Gasteiger partial charge in [-0.1, -0.05) is 0 Å². The quantitative estimate of drug-likeness (QED) is 0.323. The molecule has 1 saturated heterocycles. The van der Waals surface area contributed by atoms with E-state index in [9.17, 15) is 28.8 Å². The van der Waals surface area contributed by atoms with Gasteiger partial charge < -0.3 is 22.1 Å². The molecular weight excluding hydrogens is 392 g/mol. The third-order valence-electron chi connectivity index (χ3n) is 6.16. The number of amides is 2. The predicted molar refractivity (Wildman–Crippen MR) is 104 cm³/mol. The van der Waals surface area contributed by atoms with Gasteiger partial charge in [-0.05, 0) is 63.1 Å². The van der Waals surface area contributed by atoms with Crippen LogP contribution in [0.4, 0.5) is 0 Å². The first kappa shape index (κ1) is 21.7. The van der Waals surface area contributed by atoms with Crippen LogP contribution in [-0.2, 0) is 28.8 Å². The molecule has 0 aromatic carbocycles. The normalized spacial score (nSPS) is 27.0. The number of nitrogens with one attached hydrogen (secondary N) is 2. The van der Waals surface area contributed by atoms with E-state index in [0.29, 0.717) is 0 Å². The lowest BCUT2D eigenvalue weighted by atomic mass is 9.68. The Bertz CT molecular complexity index is 782. The van der Waals surface area contributed by atoms with Crippen molar-refractivity contribution in [2.75, 3.05) is 13.1 Å². The molecule has 1 heterocycles. The van der Waals surface area contributed by atoms with Crippen LogP contribution in [0.3, 0.4) is 0 Å². The minimum Gasteiger partial charge on any atom is -0.341 e. The molecule has 0 spiro atoms. The van der Waals surface area contributed by atoms with Crippen LogP contribution in [0.15, 0.2) is 24.3 Å². The molecular formula is C20H24N4O6. The SMILES string of the molecule is NCCCC1(C2NC(=O)C(C3(CCCN)C(=O)C=CC3=O)NC2=O)C(=O)C=CC1=O. The van der Waals surface area contributed by atoms with Crippen LogP contribution >= 0.6 is 0 Å². The average Bonchev–Trinajstić information content (AvgIpc) is 3.17. The van der Waals surface area contributed by atoms with E-state index in [1.165, 1.54) is 0 Å². The lowest BCUT2D eigenvalue weighted by molar-refractivity contribution is -0.154. The van der Waals surface area contributed by atoms with Gasteiger partial charge >= 0.3 is 0 Å². The van der Waals surface area contributed by atoms with E-state index >= 15 is 0 Å². The third-order valence-corrected chi connectivity index (χ3v) is 6.16. The second kappa shape index (κ2) is 8.04. The highest BCUT2D eigenvalue weighted by Gasteiger charge is 2.62. The number of rotatable bonds is 8. The minimum atomic E-state index is -1.78. The summed E-state index contributed by atoms with van der Waals surface area (Å²) in [6, 6.07) is -2.93. The topological polar surface area (TPSA) is 179 Å². The van der Waals surface area contributed by atoms with Gasteiger partial charge in [0.25, 0.3) is 0 Å². The zero-order chi connectivity index (χ0) is 22.1. The van der Waals surface area contributed by atoms with Crippen molar-refractivity contribution in [1.29, 1.82) is 0 Å². The number of hydrogen-bond acceptors (Lipinski definition) is 8. The molecule has 1 fully saturated rings. The molecule has 10 nitrogen and oxygen atoms in total. The van der Waals surface area contributed by atoms with Crippen LogP contribution < -0.4 is 22.1 Å². The standard InChI is InChI=1S/C20H24N4O6/c21-9-1-7-19(11(25)3-4-12(19)26)15-17(29)24-16(18(30)23-15)20(8-2-10-22)13(27)5-6-14(20)28/h3-6,15-16H,1-2,7-10,21-22H2,(H,23,30)(H,24,29). The van der Waals surface area contributed by atoms with Crippen LogP contribution in [0.5, 0.6) is 0 Å². The Labute approximate surface area is 172 Å². The molecule has 160 valence electrons. The zero-order valence-electron chi connectivity index (χ0n) is 16.3. The number of carbonyl (C=O) groups is 6. The van der Waals surface area contributed by atoms with Crippen molar-refractivity contribution < 1.29 is 28.8 Å². The summed E-state index contributed by atoms with van der Waals surface area (Å²) in [5, 5.41) is 4.90. The predicted octanol–water partition coefficient (Wildman–Crippen LogP) is -2.16. The van der Waals surface area contributed by atoms with E-state index in [0.717, 1.165) is 24.3 Å². The van der Waals surface area contributed by atoms with Gasteiger partial charge in [-0.15, -0.1) is 0 Å². The minimum absolute atomic E-state index is 0.0189. The van der Waals surface area contributed by atoms with Crippen LogP contribution in [0.2, 0.25) is 0 Å². The van der Waals surface area contributed by atoms with E-state index in [1.807, 2.05) is 0 Å². The third kappa shape index (κ3) is 3.03. The van der Waals surface area contributed by atoms with E-state index in [-0.39, 0.29) is 38.8 Å². The lowest BCUT2D eigenvalue weighted by Crippen LogP contribution is -2.73. The first-order valence-electron chi connectivity index (χ1n) is 9.80. The van der Waals surface area contributed by atoms with Crippen LogP contribution in [0, 0.1) is 10.8 Å². The van der Waals surface area contributed by atoms with Gasteiger partial charge in [-0.3, -0.25) is 28.8 Å². The second-order valence-electron chi connectivity index (χ2n) is 7.73. The van der Waals surface area contributed by atoms with Gasteiger partial charge in [0.15, 0.2) is 23.1 Å². The summed E-state index contributed by atoms with van der Waals surface area (Å²) in [4.78, 5) is 76.4. The maximum atomic E-state index is 13.0. The Hall–Kier alpha value is -2.98. The molecule has 0 bridgehead atoms. The average molecular weight is 416 g/mol. The van der Waals surface area contributed by atoms with E-state index < -0.39 is 57.9 Å². The Balaban J connectivity index is 1.95. The summed E-state index contributed by atoms with van der Waals surface area (Å²) < 4.78 is 0. The summed E-state index contributed by atoms with van der Waals surface area (Å²) in [6.07, 6.45) is 4.86. The number of ketones is 4. The van der Waals surface area contributed by atoms with Gasteiger partial charge in [0.1, 0.15) is 22.9 Å². The summed E-state index contributed by atoms with van der Waals surface area (Å²) >= 11 is 0. The summed E-state index contributed by atoms with van der Waals surface area (Å²) in [5.74, 6) is -3.97. The first-order chi connectivity index (χ1) is 14.3. The van der Waals surface area contributed by atoms with Gasteiger partial charge in [0.05, 0.1) is 0 Å². The highest BCUT2D eigenvalue weighted by Crippen LogP contribution is 2.40.